The molecule has 1 atom stereocenters. The second-order valence-corrected chi connectivity index (χ2v) is 3.43. The van der Waals surface area contributed by atoms with Crippen molar-refractivity contribution in [2.45, 2.75) is 13.3 Å². The number of aromatic hydroxyl groups is 1. The minimum atomic E-state index is -0.263. The summed E-state index contributed by atoms with van der Waals surface area (Å²) in [5, 5.41) is 9.08. The first-order chi connectivity index (χ1) is 7.67. The molecule has 0 aliphatic heterocycles. The summed E-state index contributed by atoms with van der Waals surface area (Å²) in [6, 6.07) is 6.38. The maximum absolute atomic E-state index is 11.3. The lowest BCUT2D eigenvalue weighted by atomic mass is 10.1. The highest BCUT2D eigenvalue weighted by Gasteiger charge is 2.17. The van der Waals surface area contributed by atoms with Crippen LogP contribution in [0.25, 0.3) is 0 Å². The normalized spacial score (nSPS) is 11.9. The largest absolute Gasteiger partial charge is 0.508 e. The van der Waals surface area contributed by atoms with Gasteiger partial charge >= 0.3 is 5.97 Å². The highest BCUT2D eigenvalue weighted by atomic mass is 16.5. The van der Waals surface area contributed by atoms with Crippen LogP contribution in [0.3, 0.4) is 0 Å². The minimum absolute atomic E-state index is 0.187. The van der Waals surface area contributed by atoms with Gasteiger partial charge in [-0.1, -0.05) is 6.92 Å². The molecule has 0 aliphatic carbocycles. The molecule has 88 valence electrons. The molecule has 0 saturated carbocycles. The van der Waals surface area contributed by atoms with Crippen molar-refractivity contribution in [2.75, 3.05) is 13.7 Å². The fraction of sp³-hybridized carbons (Fsp3) is 0.417. The Hall–Kier alpha value is -1.71. The van der Waals surface area contributed by atoms with Crippen LogP contribution < -0.4 is 4.74 Å². The average molecular weight is 224 g/mol. The summed E-state index contributed by atoms with van der Waals surface area (Å²) in [5.74, 6) is 0.299. The van der Waals surface area contributed by atoms with Gasteiger partial charge in [-0.25, -0.2) is 0 Å². The third-order valence-electron chi connectivity index (χ3n) is 2.32. The number of phenolic OH excluding ortho intramolecular Hbond substituents is 1. The molecule has 0 heterocycles. The van der Waals surface area contributed by atoms with E-state index < -0.39 is 0 Å². The van der Waals surface area contributed by atoms with Crippen molar-refractivity contribution in [1.82, 2.24) is 0 Å². The Morgan fingerprint density at radius 2 is 2.00 bits per heavy atom. The van der Waals surface area contributed by atoms with E-state index in [0.29, 0.717) is 12.2 Å². The summed E-state index contributed by atoms with van der Waals surface area (Å²) in [6.45, 7) is 2.19. The Morgan fingerprint density at radius 1 is 1.38 bits per heavy atom. The Balaban J connectivity index is 2.49. The van der Waals surface area contributed by atoms with E-state index in [-0.39, 0.29) is 24.2 Å². The molecule has 0 bridgehead atoms. The molecular formula is C12H16O4. The third-order valence-corrected chi connectivity index (χ3v) is 2.32. The quantitative estimate of drug-likeness (QED) is 0.777. The minimum Gasteiger partial charge on any atom is -0.508 e. The van der Waals surface area contributed by atoms with Gasteiger partial charge in [-0.15, -0.1) is 0 Å². The van der Waals surface area contributed by atoms with Crippen LogP contribution in [0.4, 0.5) is 0 Å². The van der Waals surface area contributed by atoms with Crippen molar-refractivity contribution in [1.29, 1.82) is 0 Å². The summed E-state index contributed by atoms with van der Waals surface area (Å²) in [5.41, 5.74) is 0. The van der Waals surface area contributed by atoms with Crippen LogP contribution in [0.5, 0.6) is 11.5 Å². The van der Waals surface area contributed by atoms with Gasteiger partial charge in [0.25, 0.3) is 0 Å². The summed E-state index contributed by atoms with van der Waals surface area (Å²) >= 11 is 0. The fourth-order valence-corrected chi connectivity index (χ4v) is 1.26. The van der Waals surface area contributed by atoms with Gasteiger partial charge in [0, 0.05) is 0 Å². The number of hydrogen-bond donors (Lipinski definition) is 1. The van der Waals surface area contributed by atoms with Crippen molar-refractivity contribution in [3.63, 3.8) is 0 Å². The number of benzene rings is 1. The van der Waals surface area contributed by atoms with Crippen LogP contribution in [0, 0.1) is 5.92 Å². The summed E-state index contributed by atoms with van der Waals surface area (Å²) < 4.78 is 10.1. The lowest BCUT2D eigenvalue weighted by Crippen LogP contribution is -2.22. The van der Waals surface area contributed by atoms with Crippen LogP contribution in [-0.2, 0) is 9.53 Å². The molecule has 0 spiro atoms. The molecule has 16 heavy (non-hydrogen) atoms. The number of ether oxygens (including phenoxy) is 2. The van der Waals surface area contributed by atoms with E-state index in [1.54, 1.807) is 12.1 Å². The van der Waals surface area contributed by atoms with Gasteiger partial charge in [-0.2, -0.15) is 0 Å². The van der Waals surface area contributed by atoms with Crippen molar-refractivity contribution in [3.8, 4) is 11.5 Å². The monoisotopic (exact) mass is 224 g/mol. The number of rotatable bonds is 5. The van der Waals surface area contributed by atoms with E-state index in [9.17, 15) is 4.79 Å². The van der Waals surface area contributed by atoms with Crippen LogP contribution in [0.2, 0.25) is 0 Å². The number of carbonyl (C=O) groups is 1. The smallest absolute Gasteiger partial charge is 0.312 e. The Morgan fingerprint density at radius 3 is 2.50 bits per heavy atom. The number of phenols is 1. The van der Waals surface area contributed by atoms with Crippen LogP contribution in [-0.4, -0.2) is 24.8 Å². The Bertz CT molecular complexity index is 331. The molecule has 1 rings (SSSR count). The lowest BCUT2D eigenvalue weighted by molar-refractivity contribution is -0.146. The second kappa shape index (κ2) is 6.00. The first-order valence-corrected chi connectivity index (χ1v) is 5.17. The van der Waals surface area contributed by atoms with Gasteiger partial charge in [0.15, 0.2) is 0 Å². The van der Waals surface area contributed by atoms with E-state index in [1.165, 1.54) is 19.2 Å². The zero-order valence-electron chi connectivity index (χ0n) is 9.47. The number of hydrogen-bond acceptors (Lipinski definition) is 4. The van der Waals surface area contributed by atoms with Gasteiger partial charge in [0.2, 0.25) is 0 Å². The van der Waals surface area contributed by atoms with E-state index in [1.807, 2.05) is 6.92 Å². The number of esters is 1. The second-order valence-electron chi connectivity index (χ2n) is 3.43. The third kappa shape index (κ3) is 3.46. The topological polar surface area (TPSA) is 55.8 Å². The molecule has 0 amide bonds. The maximum atomic E-state index is 11.3. The van der Waals surface area contributed by atoms with Crippen molar-refractivity contribution >= 4 is 5.97 Å². The van der Waals surface area contributed by atoms with Crippen molar-refractivity contribution < 1.29 is 19.4 Å². The highest BCUT2D eigenvalue weighted by molar-refractivity contribution is 5.72. The van der Waals surface area contributed by atoms with Crippen molar-refractivity contribution in [3.05, 3.63) is 24.3 Å². The number of methoxy groups -OCH3 is 1. The van der Waals surface area contributed by atoms with E-state index in [2.05, 4.69) is 4.74 Å². The molecule has 0 aliphatic rings. The van der Waals surface area contributed by atoms with Crippen LogP contribution >= 0.6 is 0 Å². The molecule has 0 aromatic heterocycles. The zero-order valence-corrected chi connectivity index (χ0v) is 9.47. The first-order valence-electron chi connectivity index (χ1n) is 5.17. The van der Waals surface area contributed by atoms with Crippen LogP contribution in [0.1, 0.15) is 13.3 Å². The molecule has 4 nitrogen and oxygen atoms in total. The summed E-state index contributed by atoms with van der Waals surface area (Å²) in [7, 11) is 1.37. The average Bonchev–Trinajstić information content (AvgIpc) is 2.31. The van der Waals surface area contributed by atoms with E-state index in [4.69, 9.17) is 9.84 Å². The standard InChI is InChI=1S/C12H16O4/c1-3-9(12(14)15-2)8-16-11-6-4-10(13)5-7-11/h4-7,9,13H,3,8H2,1-2H3. The summed E-state index contributed by atoms with van der Waals surface area (Å²) in [6.07, 6.45) is 0.671. The molecule has 1 unspecified atom stereocenters. The molecule has 0 radical (unpaired) electrons. The van der Waals surface area contributed by atoms with Gasteiger partial charge < -0.3 is 14.6 Å². The van der Waals surface area contributed by atoms with E-state index in [0.717, 1.165) is 0 Å². The molecule has 0 saturated heterocycles. The lowest BCUT2D eigenvalue weighted by Gasteiger charge is -2.13. The number of carbonyl (C=O) groups excluding carboxylic acids is 1. The Kier molecular flexibility index (Phi) is 4.64. The maximum Gasteiger partial charge on any atom is 0.312 e. The van der Waals surface area contributed by atoms with Gasteiger partial charge in [-0.05, 0) is 30.7 Å². The van der Waals surface area contributed by atoms with Gasteiger partial charge in [0.1, 0.15) is 18.1 Å². The summed E-state index contributed by atoms with van der Waals surface area (Å²) in [4.78, 5) is 11.3. The SMILES string of the molecule is CCC(COc1ccc(O)cc1)C(=O)OC. The Labute approximate surface area is 94.8 Å². The molecule has 1 aromatic carbocycles. The van der Waals surface area contributed by atoms with Crippen molar-refractivity contribution in [2.24, 2.45) is 5.92 Å². The fourth-order valence-electron chi connectivity index (χ4n) is 1.26. The first kappa shape index (κ1) is 12.4. The molecule has 1 aromatic rings. The predicted octanol–water partition coefficient (Wildman–Crippen LogP) is 1.97. The van der Waals surface area contributed by atoms with Crippen LogP contribution in [0.15, 0.2) is 24.3 Å². The molecule has 1 N–H and O–H groups in total. The molecule has 4 heteroatoms. The molecular weight excluding hydrogens is 208 g/mol. The van der Waals surface area contributed by atoms with E-state index >= 15 is 0 Å². The predicted molar refractivity (Wildman–Crippen MR) is 59.4 cm³/mol. The van der Waals surface area contributed by atoms with Gasteiger partial charge in [-0.3, -0.25) is 4.79 Å². The molecule has 0 fully saturated rings. The zero-order chi connectivity index (χ0) is 12.0. The van der Waals surface area contributed by atoms with Gasteiger partial charge in [0.05, 0.1) is 13.0 Å². The highest BCUT2D eigenvalue weighted by Crippen LogP contribution is 2.17.